The third kappa shape index (κ3) is 4.89. The lowest BCUT2D eigenvalue weighted by Gasteiger charge is -2.25. The van der Waals surface area contributed by atoms with E-state index in [1.54, 1.807) is 36.3 Å². The minimum atomic E-state index is -4.67. The number of aromatic nitrogens is 2. The normalized spacial score (nSPS) is 15.1. The van der Waals surface area contributed by atoms with E-state index in [1.807, 2.05) is 0 Å². The second-order valence-electron chi connectivity index (χ2n) is 6.85. The summed E-state index contributed by atoms with van der Waals surface area (Å²) >= 11 is 0. The van der Waals surface area contributed by atoms with Gasteiger partial charge in [0.1, 0.15) is 0 Å². The van der Waals surface area contributed by atoms with Gasteiger partial charge in [0.15, 0.2) is 0 Å². The van der Waals surface area contributed by atoms with Gasteiger partial charge in [-0.1, -0.05) is 42.3 Å². The number of carbonyl (C=O) groups excluding carboxylic acids is 1. The van der Waals surface area contributed by atoms with Gasteiger partial charge in [-0.05, 0) is 18.4 Å². The summed E-state index contributed by atoms with van der Waals surface area (Å²) in [7, 11) is 1.59. The minimum absolute atomic E-state index is 0.0660. The second-order valence-corrected chi connectivity index (χ2v) is 6.85. The van der Waals surface area contributed by atoms with Gasteiger partial charge >= 0.3 is 12.1 Å². The van der Waals surface area contributed by atoms with Crippen LogP contribution >= 0.6 is 0 Å². The van der Waals surface area contributed by atoms with Gasteiger partial charge in [0.05, 0.1) is 6.61 Å². The van der Waals surface area contributed by atoms with E-state index in [4.69, 9.17) is 4.74 Å². The van der Waals surface area contributed by atoms with Crippen molar-refractivity contribution in [3.8, 4) is 11.4 Å². The maximum atomic E-state index is 12.8. The van der Waals surface area contributed by atoms with Gasteiger partial charge in [0, 0.05) is 31.7 Å². The summed E-state index contributed by atoms with van der Waals surface area (Å²) < 4.78 is 47.1. The molecule has 1 aliphatic rings. The Labute approximate surface area is 160 Å². The fraction of sp³-hybridized carbons (Fsp3) is 0.526. The highest BCUT2D eigenvalue weighted by Gasteiger charge is 2.38. The molecule has 9 heteroatoms. The number of ether oxygens (including phenoxy) is 1. The van der Waals surface area contributed by atoms with Crippen LogP contribution in [-0.2, 0) is 22.3 Å². The molecule has 0 unspecified atom stereocenters. The van der Waals surface area contributed by atoms with Crippen LogP contribution in [-0.4, -0.2) is 41.2 Å². The van der Waals surface area contributed by atoms with Gasteiger partial charge in [-0.15, -0.1) is 0 Å². The van der Waals surface area contributed by atoms with Gasteiger partial charge in [-0.2, -0.15) is 18.2 Å². The Morgan fingerprint density at radius 3 is 2.50 bits per heavy atom. The molecule has 0 aliphatic heterocycles. The largest absolute Gasteiger partial charge is 0.471 e. The first kappa shape index (κ1) is 20.3. The number of halogens is 3. The molecule has 28 heavy (non-hydrogen) atoms. The molecule has 0 N–H and O–H groups in total. The lowest BCUT2D eigenvalue weighted by Crippen LogP contribution is -2.37. The molecular formula is C19H22F3N3O3. The quantitative estimate of drug-likeness (QED) is 0.708. The van der Waals surface area contributed by atoms with E-state index in [-0.39, 0.29) is 17.6 Å². The SMILES string of the molecule is COCCN(Cc1ccc(-c2noc(C(F)(F)F)n2)cc1)C(=O)C1CCCC1. The molecule has 3 rings (SSSR count). The average Bonchev–Trinajstić information content (AvgIpc) is 3.36. The number of benzene rings is 1. The molecule has 1 heterocycles. The van der Waals surface area contributed by atoms with Crippen LogP contribution in [0.4, 0.5) is 13.2 Å². The van der Waals surface area contributed by atoms with Crippen LogP contribution in [0.1, 0.15) is 37.1 Å². The van der Waals surface area contributed by atoms with Crippen molar-refractivity contribution in [2.75, 3.05) is 20.3 Å². The standard InChI is InChI=1S/C19H22F3N3O3/c1-27-11-10-25(17(26)15-4-2-3-5-15)12-13-6-8-14(9-7-13)16-23-18(28-24-16)19(20,21)22/h6-9,15H,2-5,10-12H2,1H3. The Balaban J connectivity index is 1.70. The number of amides is 1. The van der Waals surface area contributed by atoms with E-state index in [9.17, 15) is 18.0 Å². The third-order valence-corrected chi connectivity index (χ3v) is 4.84. The minimum Gasteiger partial charge on any atom is -0.383 e. The van der Waals surface area contributed by atoms with Crippen molar-refractivity contribution in [2.24, 2.45) is 5.92 Å². The number of nitrogens with zero attached hydrogens (tertiary/aromatic N) is 3. The van der Waals surface area contributed by atoms with Crippen LogP contribution in [0.15, 0.2) is 28.8 Å². The lowest BCUT2D eigenvalue weighted by molar-refractivity contribution is -0.159. The molecule has 2 aromatic rings. The number of rotatable bonds is 7. The van der Waals surface area contributed by atoms with Crippen molar-refractivity contribution >= 4 is 5.91 Å². The summed E-state index contributed by atoms with van der Waals surface area (Å²) in [6.45, 7) is 1.35. The summed E-state index contributed by atoms with van der Waals surface area (Å²) in [5.41, 5.74) is 1.28. The Morgan fingerprint density at radius 2 is 1.93 bits per heavy atom. The highest BCUT2D eigenvalue weighted by atomic mass is 19.4. The number of carbonyl (C=O) groups is 1. The first-order valence-electron chi connectivity index (χ1n) is 9.16. The van der Waals surface area contributed by atoms with Crippen molar-refractivity contribution in [2.45, 2.75) is 38.4 Å². The first-order chi connectivity index (χ1) is 13.4. The van der Waals surface area contributed by atoms with Gasteiger partial charge in [0.25, 0.3) is 0 Å². The molecule has 1 saturated carbocycles. The Hall–Kier alpha value is -2.42. The molecule has 6 nitrogen and oxygen atoms in total. The molecule has 152 valence electrons. The third-order valence-electron chi connectivity index (χ3n) is 4.84. The molecule has 0 spiro atoms. The predicted octanol–water partition coefficient (Wildman–Crippen LogP) is 3.92. The van der Waals surface area contributed by atoms with Crippen molar-refractivity contribution < 1.29 is 27.2 Å². The van der Waals surface area contributed by atoms with Gasteiger partial charge in [0.2, 0.25) is 11.7 Å². The van der Waals surface area contributed by atoms with Gasteiger partial charge in [-0.3, -0.25) is 4.79 Å². The van der Waals surface area contributed by atoms with E-state index in [0.29, 0.717) is 25.3 Å². The lowest BCUT2D eigenvalue weighted by atomic mass is 10.1. The Bertz CT molecular complexity index is 784. The van der Waals surface area contributed by atoms with E-state index >= 15 is 0 Å². The number of hydrogen-bond acceptors (Lipinski definition) is 5. The Kier molecular flexibility index (Phi) is 6.33. The van der Waals surface area contributed by atoms with Crippen LogP contribution in [0.2, 0.25) is 0 Å². The highest BCUT2D eigenvalue weighted by Crippen LogP contribution is 2.30. The maximum Gasteiger partial charge on any atom is 0.471 e. The van der Waals surface area contributed by atoms with Crippen LogP contribution in [0.5, 0.6) is 0 Å². The van der Waals surface area contributed by atoms with E-state index in [2.05, 4.69) is 14.7 Å². The molecule has 1 aromatic carbocycles. The molecule has 0 bridgehead atoms. The average molecular weight is 397 g/mol. The zero-order valence-electron chi connectivity index (χ0n) is 15.5. The fourth-order valence-corrected chi connectivity index (χ4v) is 3.34. The number of hydrogen-bond donors (Lipinski definition) is 0. The molecule has 0 saturated heterocycles. The summed E-state index contributed by atoms with van der Waals surface area (Å²) in [5.74, 6) is -1.31. The Morgan fingerprint density at radius 1 is 1.25 bits per heavy atom. The predicted molar refractivity (Wildman–Crippen MR) is 94.0 cm³/mol. The highest BCUT2D eigenvalue weighted by molar-refractivity contribution is 5.79. The zero-order chi connectivity index (χ0) is 20.1. The zero-order valence-corrected chi connectivity index (χ0v) is 15.5. The van der Waals surface area contributed by atoms with Crippen LogP contribution in [0.3, 0.4) is 0 Å². The van der Waals surface area contributed by atoms with Crippen molar-refractivity contribution in [1.29, 1.82) is 0 Å². The summed E-state index contributed by atoms with van der Waals surface area (Å²) in [5, 5.41) is 3.38. The van der Waals surface area contributed by atoms with Gasteiger partial charge < -0.3 is 14.2 Å². The smallest absolute Gasteiger partial charge is 0.383 e. The second kappa shape index (κ2) is 8.72. The molecule has 1 aromatic heterocycles. The van der Waals surface area contributed by atoms with E-state index in [0.717, 1.165) is 31.2 Å². The number of methoxy groups -OCH3 is 1. The monoisotopic (exact) mass is 397 g/mol. The van der Waals surface area contributed by atoms with Crippen LogP contribution in [0, 0.1) is 5.92 Å². The topological polar surface area (TPSA) is 68.5 Å². The van der Waals surface area contributed by atoms with Gasteiger partial charge in [-0.25, -0.2) is 0 Å². The molecule has 1 aliphatic carbocycles. The summed E-state index contributed by atoms with van der Waals surface area (Å²) in [6.07, 6.45) is -0.684. The van der Waals surface area contributed by atoms with Crippen LogP contribution in [0.25, 0.3) is 11.4 Å². The molecule has 1 amide bonds. The van der Waals surface area contributed by atoms with Crippen LogP contribution < -0.4 is 0 Å². The molecule has 0 radical (unpaired) electrons. The van der Waals surface area contributed by atoms with E-state index < -0.39 is 12.1 Å². The summed E-state index contributed by atoms with van der Waals surface area (Å²) in [4.78, 5) is 17.9. The summed E-state index contributed by atoms with van der Waals surface area (Å²) in [6, 6.07) is 6.74. The van der Waals surface area contributed by atoms with Crippen molar-refractivity contribution in [3.05, 3.63) is 35.7 Å². The fourth-order valence-electron chi connectivity index (χ4n) is 3.34. The molecule has 0 atom stereocenters. The van der Waals surface area contributed by atoms with E-state index in [1.165, 1.54) is 0 Å². The first-order valence-corrected chi connectivity index (χ1v) is 9.16. The maximum absolute atomic E-state index is 12.8. The molecule has 1 fully saturated rings. The van der Waals surface area contributed by atoms with Crippen molar-refractivity contribution in [3.63, 3.8) is 0 Å². The van der Waals surface area contributed by atoms with Crippen molar-refractivity contribution in [1.82, 2.24) is 15.0 Å². The number of alkyl halides is 3. The molecular weight excluding hydrogens is 375 g/mol.